The summed E-state index contributed by atoms with van der Waals surface area (Å²) in [5.41, 5.74) is 0.301. The number of hydrogen-bond acceptors (Lipinski definition) is 3. The maximum Gasteiger partial charge on any atom is 0.156 e. The van der Waals surface area contributed by atoms with Crippen LogP contribution < -0.4 is 5.32 Å². The normalized spacial score (nSPS) is 14.1. The Bertz CT molecular complexity index is 294. The van der Waals surface area contributed by atoms with Crippen LogP contribution in [0.1, 0.15) is 48.0 Å². The lowest BCUT2D eigenvalue weighted by atomic mass is 9.92. The zero-order chi connectivity index (χ0) is 13.0. The monoisotopic (exact) mass is 249 g/mol. The van der Waals surface area contributed by atoms with E-state index in [-0.39, 0.29) is 5.75 Å². The lowest BCUT2D eigenvalue weighted by molar-refractivity contribution is 0.369. The maximum atomic E-state index is 11.8. The molecule has 0 heterocycles. The van der Waals surface area contributed by atoms with Crippen molar-refractivity contribution in [2.75, 3.05) is 18.8 Å². The highest BCUT2D eigenvalue weighted by Gasteiger charge is 2.27. The van der Waals surface area contributed by atoms with Crippen LogP contribution >= 0.6 is 0 Å². The van der Waals surface area contributed by atoms with Gasteiger partial charge in [0.05, 0.1) is 10.5 Å². The van der Waals surface area contributed by atoms with Crippen molar-refractivity contribution in [3.05, 3.63) is 0 Å². The van der Waals surface area contributed by atoms with Gasteiger partial charge in [0, 0.05) is 6.54 Å². The minimum absolute atomic E-state index is 0.223. The van der Waals surface area contributed by atoms with Gasteiger partial charge in [-0.1, -0.05) is 20.8 Å². The summed E-state index contributed by atoms with van der Waals surface area (Å²) in [5.74, 6) is 0.223. The molecule has 0 spiro atoms. The molecular weight excluding hydrogens is 222 g/mol. The van der Waals surface area contributed by atoms with E-state index in [4.69, 9.17) is 0 Å². The van der Waals surface area contributed by atoms with E-state index in [1.165, 1.54) is 0 Å². The summed E-state index contributed by atoms with van der Waals surface area (Å²) in [7, 11) is -2.98. The molecule has 1 N–H and O–H groups in total. The van der Waals surface area contributed by atoms with Crippen molar-refractivity contribution in [3.63, 3.8) is 0 Å². The topological polar surface area (TPSA) is 46.2 Å². The first-order valence-electron chi connectivity index (χ1n) is 5.89. The van der Waals surface area contributed by atoms with Crippen LogP contribution in [0.5, 0.6) is 0 Å². The summed E-state index contributed by atoms with van der Waals surface area (Å²) in [6.07, 6.45) is 1.06. The minimum atomic E-state index is -2.98. The summed E-state index contributed by atoms with van der Waals surface area (Å²) in [6.45, 7) is 13.2. The molecule has 4 heteroatoms. The molecule has 0 aliphatic rings. The van der Waals surface area contributed by atoms with Crippen molar-refractivity contribution in [3.8, 4) is 0 Å². The van der Waals surface area contributed by atoms with Crippen molar-refractivity contribution in [2.45, 2.75) is 52.7 Å². The van der Waals surface area contributed by atoms with Crippen molar-refractivity contribution >= 4 is 9.84 Å². The van der Waals surface area contributed by atoms with Gasteiger partial charge in [-0.05, 0) is 39.2 Å². The SMILES string of the molecule is CC(C)(C)CCNCCS(=O)(=O)C(C)(C)C. The van der Waals surface area contributed by atoms with Crippen LogP contribution in [0.15, 0.2) is 0 Å². The highest BCUT2D eigenvalue weighted by Crippen LogP contribution is 2.17. The zero-order valence-electron chi connectivity index (χ0n) is 11.6. The van der Waals surface area contributed by atoms with E-state index in [0.29, 0.717) is 12.0 Å². The third kappa shape index (κ3) is 6.48. The molecule has 0 unspecified atom stereocenters. The summed E-state index contributed by atoms with van der Waals surface area (Å²) in [4.78, 5) is 0. The van der Waals surface area contributed by atoms with E-state index in [2.05, 4.69) is 26.1 Å². The quantitative estimate of drug-likeness (QED) is 0.760. The molecule has 0 aromatic rings. The lowest BCUT2D eigenvalue weighted by Gasteiger charge is -2.20. The van der Waals surface area contributed by atoms with E-state index in [1.54, 1.807) is 20.8 Å². The molecule has 16 heavy (non-hydrogen) atoms. The molecule has 0 rings (SSSR count). The van der Waals surface area contributed by atoms with Crippen LogP contribution in [0.25, 0.3) is 0 Å². The van der Waals surface area contributed by atoms with Crippen LogP contribution in [0.4, 0.5) is 0 Å². The van der Waals surface area contributed by atoms with E-state index in [9.17, 15) is 8.42 Å². The maximum absolute atomic E-state index is 11.8. The van der Waals surface area contributed by atoms with Crippen molar-refractivity contribution in [1.82, 2.24) is 5.32 Å². The first kappa shape index (κ1) is 15.9. The standard InChI is InChI=1S/C12H27NO2S/c1-11(2,3)7-8-13-9-10-16(14,15)12(4,5)6/h13H,7-10H2,1-6H3. The fourth-order valence-corrected chi connectivity index (χ4v) is 2.13. The van der Waals surface area contributed by atoms with E-state index in [0.717, 1.165) is 13.0 Å². The first-order chi connectivity index (χ1) is 6.96. The predicted octanol–water partition coefficient (Wildman–Crippen LogP) is 2.23. The number of rotatable bonds is 5. The van der Waals surface area contributed by atoms with Gasteiger partial charge in [-0.15, -0.1) is 0 Å². The van der Waals surface area contributed by atoms with Crippen LogP contribution in [0.3, 0.4) is 0 Å². The molecule has 0 aromatic carbocycles. The van der Waals surface area contributed by atoms with Crippen LogP contribution in [0.2, 0.25) is 0 Å². The van der Waals surface area contributed by atoms with E-state index < -0.39 is 14.6 Å². The second-order valence-electron chi connectivity index (χ2n) is 6.49. The highest BCUT2D eigenvalue weighted by molar-refractivity contribution is 7.92. The van der Waals surface area contributed by atoms with Crippen molar-refractivity contribution in [2.24, 2.45) is 5.41 Å². The molecule has 3 nitrogen and oxygen atoms in total. The molecule has 0 atom stereocenters. The van der Waals surface area contributed by atoms with Crippen molar-refractivity contribution in [1.29, 1.82) is 0 Å². The summed E-state index contributed by atoms with van der Waals surface area (Å²) < 4.78 is 22.9. The molecule has 0 aliphatic carbocycles. The van der Waals surface area contributed by atoms with Gasteiger partial charge in [-0.3, -0.25) is 0 Å². The first-order valence-corrected chi connectivity index (χ1v) is 7.54. The molecule has 0 amide bonds. The average molecular weight is 249 g/mol. The molecule has 0 radical (unpaired) electrons. The van der Waals surface area contributed by atoms with Gasteiger partial charge < -0.3 is 5.32 Å². The molecule has 0 aromatic heterocycles. The molecule has 0 fully saturated rings. The summed E-state index contributed by atoms with van der Waals surface area (Å²) in [6, 6.07) is 0. The zero-order valence-corrected chi connectivity index (χ0v) is 12.4. The van der Waals surface area contributed by atoms with Gasteiger partial charge >= 0.3 is 0 Å². The number of hydrogen-bond donors (Lipinski definition) is 1. The third-order valence-corrected chi connectivity index (χ3v) is 5.14. The Kier molecular flexibility index (Phi) is 5.47. The Hall–Kier alpha value is -0.0900. The van der Waals surface area contributed by atoms with Gasteiger partial charge in [-0.2, -0.15) is 0 Å². The van der Waals surface area contributed by atoms with Gasteiger partial charge in [0.15, 0.2) is 9.84 Å². The number of sulfone groups is 1. The largest absolute Gasteiger partial charge is 0.316 e. The van der Waals surface area contributed by atoms with E-state index >= 15 is 0 Å². The minimum Gasteiger partial charge on any atom is -0.316 e. The molecular formula is C12H27NO2S. The fraction of sp³-hybridized carbons (Fsp3) is 1.00. The fourth-order valence-electron chi connectivity index (χ4n) is 1.10. The Labute approximate surface area is 101 Å². The van der Waals surface area contributed by atoms with Gasteiger partial charge in [0.25, 0.3) is 0 Å². The molecule has 0 saturated carbocycles. The molecule has 0 aliphatic heterocycles. The van der Waals surface area contributed by atoms with Gasteiger partial charge in [0.1, 0.15) is 0 Å². The smallest absolute Gasteiger partial charge is 0.156 e. The summed E-state index contributed by atoms with van der Waals surface area (Å²) in [5, 5.41) is 3.19. The molecule has 0 bridgehead atoms. The highest BCUT2D eigenvalue weighted by atomic mass is 32.2. The van der Waals surface area contributed by atoms with Gasteiger partial charge in [0.2, 0.25) is 0 Å². The molecule has 98 valence electrons. The summed E-state index contributed by atoms with van der Waals surface area (Å²) >= 11 is 0. The van der Waals surface area contributed by atoms with E-state index in [1.807, 2.05) is 0 Å². The predicted molar refractivity (Wildman–Crippen MR) is 70.5 cm³/mol. The Balaban J connectivity index is 3.85. The second-order valence-corrected chi connectivity index (χ2v) is 9.35. The Morgan fingerprint density at radius 1 is 0.938 bits per heavy atom. The van der Waals surface area contributed by atoms with Gasteiger partial charge in [-0.25, -0.2) is 8.42 Å². The number of nitrogens with one attached hydrogen (secondary N) is 1. The van der Waals surface area contributed by atoms with Crippen LogP contribution in [-0.2, 0) is 9.84 Å². The van der Waals surface area contributed by atoms with Crippen LogP contribution in [-0.4, -0.2) is 32.0 Å². The average Bonchev–Trinajstić information content (AvgIpc) is 1.98. The second kappa shape index (κ2) is 5.50. The Morgan fingerprint density at radius 2 is 1.44 bits per heavy atom. The van der Waals surface area contributed by atoms with Crippen molar-refractivity contribution < 1.29 is 8.42 Å². The molecule has 0 saturated heterocycles. The van der Waals surface area contributed by atoms with Crippen LogP contribution in [0, 0.1) is 5.41 Å². The lowest BCUT2D eigenvalue weighted by Crippen LogP contribution is -2.35. The third-order valence-electron chi connectivity index (χ3n) is 2.53. The Morgan fingerprint density at radius 3 is 1.81 bits per heavy atom.